The maximum atomic E-state index is 14.6. The molecule has 0 bridgehead atoms. The number of phenolic OH excluding ortho intramolecular Hbond substituents is 1. The average molecular weight is 362 g/mol. The largest absolute Gasteiger partial charge is 0.504 e. The van der Waals surface area contributed by atoms with E-state index < -0.39 is 11.6 Å². The summed E-state index contributed by atoms with van der Waals surface area (Å²) in [5.74, 6) is -1.61. The van der Waals surface area contributed by atoms with E-state index in [1.54, 1.807) is 13.0 Å². The molecule has 3 aromatic rings. The van der Waals surface area contributed by atoms with Crippen LogP contribution in [0.3, 0.4) is 0 Å². The van der Waals surface area contributed by atoms with E-state index in [4.69, 9.17) is 0 Å². The molecule has 27 heavy (non-hydrogen) atoms. The van der Waals surface area contributed by atoms with Crippen molar-refractivity contribution in [1.29, 1.82) is 0 Å². The molecule has 0 aromatic heterocycles. The van der Waals surface area contributed by atoms with E-state index in [1.807, 2.05) is 24.3 Å². The van der Waals surface area contributed by atoms with Gasteiger partial charge in [-0.25, -0.2) is 4.39 Å². The van der Waals surface area contributed by atoms with Crippen molar-refractivity contribution in [3.63, 3.8) is 0 Å². The molecule has 138 valence electrons. The van der Waals surface area contributed by atoms with Gasteiger partial charge < -0.3 is 5.11 Å². The van der Waals surface area contributed by atoms with Gasteiger partial charge in [0.25, 0.3) is 0 Å². The normalized spacial score (nSPS) is 10.8. The Hall–Kier alpha value is -2.94. The zero-order chi connectivity index (χ0) is 19.4. The number of hydrogen-bond acceptors (Lipinski definition) is 2. The minimum atomic E-state index is -0.758. The van der Waals surface area contributed by atoms with E-state index >= 15 is 0 Å². The summed E-state index contributed by atoms with van der Waals surface area (Å²) in [6.45, 7) is 3.84. The molecule has 0 atom stereocenters. The van der Waals surface area contributed by atoms with E-state index in [0.717, 1.165) is 24.0 Å². The van der Waals surface area contributed by atoms with E-state index in [-0.39, 0.29) is 23.3 Å². The topological polar surface area (TPSA) is 37.3 Å². The number of aromatic hydroxyl groups is 1. The molecule has 0 aliphatic carbocycles. The Bertz CT molecular complexity index is 941. The molecule has 3 aromatic carbocycles. The van der Waals surface area contributed by atoms with Gasteiger partial charge in [-0.15, -0.1) is 0 Å². The smallest absolute Gasteiger partial charge is 0.173 e. The molecule has 0 amide bonds. The van der Waals surface area contributed by atoms with Crippen molar-refractivity contribution in [2.75, 3.05) is 0 Å². The van der Waals surface area contributed by atoms with Gasteiger partial charge >= 0.3 is 0 Å². The van der Waals surface area contributed by atoms with Gasteiger partial charge in [0.2, 0.25) is 0 Å². The van der Waals surface area contributed by atoms with Crippen LogP contribution in [0.15, 0.2) is 60.7 Å². The van der Waals surface area contributed by atoms with Crippen molar-refractivity contribution >= 4 is 5.78 Å². The molecule has 0 saturated heterocycles. The summed E-state index contributed by atoms with van der Waals surface area (Å²) in [5, 5.41) is 10.0. The minimum Gasteiger partial charge on any atom is -0.504 e. The molecule has 3 rings (SSSR count). The van der Waals surface area contributed by atoms with Crippen molar-refractivity contribution < 1.29 is 14.3 Å². The average Bonchev–Trinajstić information content (AvgIpc) is 2.70. The second-order valence-corrected chi connectivity index (χ2v) is 6.62. The van der Waals surface area contributed by atoms with Crippen LogP contribution < -0.4 is 0 Å². The second kappa shape index (κ2) is 8.17. The first kappa shape index (κ1) is 18.8. The number of rotatable bonds is 6. The summed E-state index contributed by atoms with van der Waals surface area (Å²) in [6.07, 6.45) is 2.41. The summed E-state index contributed by atoms with van der Waals surface area (Å²) < 4.78 is 14.6. The Morgan fingerprint density at radius 2 is 1.41 bits per heavy atom. The van der Waals surface area contributed by atoms with Gasteiger partial charge in [0.05, 0.1) is 5.56 Å². The van der Waals surface area contributed by atoms with Crippen LogP contribution in [0.5, 0.6) is 5.75 Å². The highest BCUT2D eigenvalue weighted by molar-refractivity contribution is 5.99. The van der Waals surface area contributed by atoms with Crippen LogP contribution in [0.2, 0.25) is 0 Å². The molecule has 2 nitrogen and oxygen atoms in total. The summed E-state index contributed by atoms with van der Waals surface area (Å²) in [4.78, 5) is 11.8. The number of Topliss-reactive ketones (excluding diaryl/α,β-unsaturated/α-hetero) is 1. The molecule has 1 N–H and O–H groups in total. The number of aryl methyl sites for hydroxylation is 1. The predicted molar refractivity (Wildman–Crippen MR) is 108 cm³/mol. The SMILES string of the molecule is CCCc1ccc(-c2ccc(-c3ccc(C(=O)CC)c(O)c3F)cc2)cc1. The van der Waals surface area contributed by atoms with E-state index in [0.29, 0.717) is 5.56 Å². The van der Waals surface area contributed by atoms with Gasteiger partial charge in [-0.2, -0.15) is 0 Å². The standard InChI is InChI=1S/C24H23FO2/c1-3-5-16-6-8-17(9-7-16)18-10-12-19(13-11-18)20-14-15-21(22(26)4-2)24(27)23(20)25/h6-15,27H,3-5H2,1-2H3. The highest BCUT2D eigenvalue weighted by atomic mass is 19.1. The highest BCUT2D eigenvalue weighted by Gasteiger charge is 2.17. The Kier molecular flexibility index (Phi) is 5.70. The number of carbonyl (C=O) groups excluding carboxylic acids is 1. The van der Waals surface area contributed by atoms with Crippen LogP contribution in [0, 0.1) is 5.82 Å². The van der Waals surface area contributed by atoms with Crippen molar-refractivity contribution in [3.05, 3.63) is 77.6 Å². The fourth-order valence-electron chi connectivity index (χ4n) is 3.20. The van der Waals surface area contributed by atoms with Gasteiger partial charge in [-0.3, -0.25) is 4.79 Å². The Morgan fingerprint density at radius 1 is 0.852 bits per heavy atom. The number of hydrogen-bond donors (Lipinski definition) is 1. The fraction of sp³-hybridized carbons (Fsp3) is 0.208. The first-order valence-corrected chi connectivity index (χ1v) is 9.29. The van der Waals surface area contributed by atoms with Crippen molar-refractivity contribution in [2.45, 2.75) is 33.1 Å². The van der Waals surface area contributed by atoms with Gasteiger partial charge in [-0.1, -0.05) is 74.9 Å². The van der Waals surface area contributed by atoms with E-state index in [2.05, 4.69) is 31.2 Å². The zero-order valence-electron chi connectivity index (χ0n) is 15.6. The Morgan fingerprint density at radius 3 is 1.96 bits per heavy atom. The van der Waals surface area contributed by atoms with Gasteiger partial charge in [0, 0.05) is 12.0 Å². The third kappa shape index (κ3) is 3.92. The number of ketones is 1. The van der Waals surface area contributed by atoms with Gasteiger partial charge in [-0.05, 0) is 34.7 Å². The molecular formula is C24H23FO2. The van der Waals surface area contributed by atoms with Crippen molar-refractivity contribution in [2.24, 2.45) is 0 Å². The molecule has 0 fully saturated rings. The molecular weight excluding hydrogens is 339 g/mol. The van der Waals surface area contributed by atoms with Crippen LogP contribution in [-0.2, 0) is 6.42 Å². The fourth-order valence-corrected chi connectivity index (χ4v) is 3.20. The van der Waals surface area contributed by atoms with Crippen LogP contribution in [0.25, 0.3) is 22.3 Å². The summed E-state index contributed by atoms with van der Waals surface area (Å²) in [7, 11) is 0. The zero-order valence-corrected chi connectivity index (χ0v) is 15.6. The Balaban J connectivity index is 1.89. The molecule has 0 heterocycles. The van der Waals surface area contributed by atoms with Crippen molar-refractivity contribution in [3.8, 4) is 28.0 Å². The molecule has 0 aliphatic rings. The summed E-state index contributed by atoms with van der Waals surface area (Å²) in [6, 6.07) is 19.0. The second-order valence-electron chi connectivity index (χ2n) is 6.62. The van der Waals surface area contributed by atoms with Crippen LogP contribution in [-0.4, -0.2) is 10.9 Å². The third-order valence-electron chi connectivity index (χ3n) is 4.76. The molecule has 0 spiro atoms. The Labute approximate surface area is 159 Å². The quantitative estimate of drug-likeness (QED) is 0.514. The minimum absolute atomic E-state index is 0.0301. The lowest BCUT2D eigenvalue weighted by Gasteiger charge is -2.10. The maximum Gasteiger partial charge on any atom is 0.173 e. The van der Waals surface area contributed by atoms with Crippen LogP contribution in [0.1, 0.15) is 42.6 Å². The lowest BCUT2D eigenvalue weighted by Crippen LogP contribution is -1.99. The first-order valence-electron chi connectivity index (χ1n) is 9.29. The highest BCUT2D eigenvalue weighted by Crippen LogP contribution is 2.33. The molecule has 0 unspecified atom stereocenters. The van der Waals surface area contributed by atoms with E-state index in [9.17, 15) is 14.3 Å². The number of carbonyl (C=O) groups is 1. The van der Waals surface area contributed by atoms with Gasteiger partial charge in [0.1, 0.15) is 0 Å². The third-order valence-corrected chi connectivity index (χ3v) is 4.76. The summed E-state index contributed by atoms with van der Waals surface area (Å²) >= 11 is 0. The molecule has 0 aliphatic heterocycles. The van der Waals surface area contributed by atoms with Crippen LogP contribution >= 0.6 is 0 Å². The molecule has 0 saturated carbocycles. The maximum absolute atomic E-state index is 14.6. The predicted octanol–water partition coefficient (Wildman–Crippen LogP) is 6.41. The molecule has 3 heteroatoms. The van der Waals surface area contributed by atoms with E-state index in [1.165, 1.54) is 11.6 Å². The van der Waals surface area contributed by atoms with Gasteiger partial charge in [0.15, 0.2) is 17.3 Å². The molecule has 0 radical (unpaired) electrons. The number of phenols is 1. The number of benzene rings is 3. The van der Waals surface area contributed by atoms with Crippen LogP contribution in [0.4, 0.5) is 4.39 Å². The first-order chi connectivity index (χ1) is 13.0. The lowest BCUT2D eigenvalue weighted by molar-refractivity contribution is 0.0985. The van der Waals surface area contributed by atoms with Crippen molar-refractivity contribution in [1.82, 2.24) is 0 Å². The lowest BCUT2D eigenvalue weighted by atomic mass is 9.97. The number of halogens is 1. The monoisotopic (exact) mass is 362 g/mol. The summed E-state index contributed by atoms with van der Waals surface area (Å²) in [5.41, 5.74) is 4.44.